The van der Waals surface area contributed by atoms with Gasteiger partial charge in [0.15, 0.2) is 5.96 Å². The Hall–Kier alpha value is -0.0800. The molecule has 1 aliphatic carbocycles. The van der Waals surface area contributed by atoms with Crippen molar-refractivity contribution in [3.63, 3.8) is 0 Å². The van der Waals surface area contributed by atoms with Crippen LogP contribution in [0, 0.1) is 11.8 Å². The van der Waals surface area contributed by atoms with Gasteiger partial charge in [-0.15, -0.1) is 24.0 Å². The fraction of sp³-hybridized carbons (Fsp3) is 0.950. The molecule has 0 atom stereocenters. The van der Waals surface area contributed by atoms with Crippen LogP contribution in [0.25, 0.3) is 0 Å². The fourth-order valence-electron chi connectivity index (χ4n) is 3.79. The third-order valence-corrected chi connectivity index (χ3v) is 5.49. The van der Waals surface area contributed by atoms with E-state index in [-0.39, 0.29) is 24.0 Å². The highest BCUT2D eigenvalue weighted by Crippen LogP contribution is 2.29. The number of nitrogens with one attached hydrogen (secondary N) is 2. The van der Waals surface area contributed by atoms with E-state index in [1.54, 1.807) is 0 Å². The molecule has 26 heavy (non-hydrogen) atoms. The van der Waals surface area contributed by atoms with E-state index in [4.69, 9.17) is 14.5 Å². The molecule has 0 radical (unpaired) electrons. The number of halogens is 1. The van der Waals surface area contributed by atoms with Gasteiger partial charge in [0, 0.05) is 39.0 Å². The maximum Gasteiger partial charge on any atom is 0.191 e. The largest absolute Gasteiger partial charge is 0.381 e. The summed E-state index contributed by atoms with van der Waals surface area (Å²) in [6.45, 7) is 11.0. The van der Waals surface area contributed by atoms with Gasteiger partial charge in [-0.25, -0.2) is 0 Å². The molecule has 0 spiro atoms. The maximum atomic E-state index is 5.92. The summed E-state index contributed by atoms with van der Waals surface area (Å²) in [6, 6.07) is 0.575. The number of nitrogens with zero attached hydrogens (tertiary/aromatic N) is 1. The second-order valence-electron chi connectivity index (χ2n) is 7.80. The van der Waals surface area contributed by atoms with Gasteiger partial charge in [0.2, 0.25) is 0 Å². The number of rotatable bonds is 8. The van der Waals surface area contributed by atoms with Gasteiger partial charge in [-0.2, -0.15) is 0 Å². The molecule has 2 N–H and O–H groups in total. The van der Waals surface area contributed by atoms with Crippen molar-refractivity contribution < 1.29 is 9.47 Å². The second kappa shape index (κ2) is 14.0. The molecule has 2 aliphatic rings. The first-order valence-corrected chi connectivity index (χ1v) is 10.4. The molecule has 154 valence electrons. The Bertz CT molecular complexity index is 379. The standard InChI is InChI=1S/C20H39N3O2.HI/c1-4-21-20(23-18-8-6-17(7-9-18)16(2)3)22-12-5-13-25-19-10-14-24-15-11-19;/h16-19H,4-15H2,1-3H3,(H2,21,22,23);1H. The van der Waals surface area contributed by atoms with Crippen LogP contribution in [0.15, 0.2) is 4.99 Å². The lowest BCUT2D eigenvalue weighted by atomic mass is 9.80. The van der Waals surface area contributed by atoms with Crippen LogP contribution in [-0.2, 0) is 9.47 Å². The molecule has 0 amide bonds. The summed E-state index contributed by atoms with van der Waals surface area (Å²) in [4.78, 5) is 4.73. The first kappa shape index (κ1) is 24.0. The molecule has 2 fully saturated rings. The Labute approximate surface area is 177 Å². The van der Waals surface area contributed by atoms with Crippen LogP contribution >= 0.6 is 24.0 Å². The lowest BCUT2D eigenvalue weighted by Gasteiger charge is -2.32. The van der Waals surface area contributed by atoms with Crippen LogP contribution in [0.4, 0.5) is 0 Å². The zero-order valence-corrected chi connectivity index (χ0v) is 19.3. The Balaban J connectivity index is 0.00000338. The lowest BCUT2D eigenvalue weighted by Crippen LogP contribution is -2.45. The van der Waals surface area contributed by atoms with E-state index in [2.05, 4.69) is 31.4 Å². The molecule has 0 aromatic rings. The van der Waals surface area contributed by atoms with Gasteiger partial charge < -0.3 is 20.1 Å². The van der Waals surface area contributed by atoms with Gasteiger partial charge in [0.05, 0.1) is 6.10 Å². The Morgan fingerprint density at radius 3 is 2.42 bits per heavy atom. The molecule has 0 bridgehead atoms. The van der Waals surface area contributed by atoms with Crippen LogP contribution < -0.4 is 10.6 Å². The van der Waals surface area contributed by atoms with E-state index in [9.17, 15) is 0 Å². The predicted octanol–water partition coefficient (Wildman–Crippen LogP) is 3.96. The minimum Gasteiger partial charge on any atom is -0.381 e. The van der Waals surface area contributed by atoms with Crippen LogP contribution in [0.3, 0.4) is 0 Å². The number of hydrogen-bond acceptors (Lipinski definition) is 3. The van der Waals surface area contributed by atoms with Gasteiger partial charge in [-0.3, -0.25) is 4.99 Å². The molecular weight excluding hydrogens is 441 g/mol. The molecule has 0 aromatic heterocycles. The third-order valence-electron chi connectivity index (χ3n) is 5.49. The van der Waals surface area contributed by atoms with Gasteiger partial charge in [-0.1, -0.05) is 13.8 Å². The average Bonchev–Trinajstić information content (AvgIpc) is 2.63. The quantitative estimate of drug-likeness (QED) is 0.239. The third kappa shape index (κ3) is 9.22. The number of aliphatic imine (C=N–C) groups is 1. The molecule has 5 nitrogen and oxygen atoms in total. The monoisotopic (exact) mass is 481 g/mol. The number of ether oxygens (including phenoxy) is 2. The molecule has 0 unspecified atom stereocenters. The van der Waals surface area contributed by atoms with Crippen molar-refractivity contribution in [1.82, 2.24) is 10.6 Å². The van der Waals surface area contributed by atoms with E-state index < -0.39 is 0 Å². The van der Waals surface area contributed by atoms with Crippen molar-refractivity contribution in [2.24, 2.45) is 16.8 Å². The molecule has 1 aliphatic heterocycles. The van der Waals surface area contributed by atoms with Gasteiger partial charge in [0.25, 0.3) is 0 Å². The summed E-state index contributed by atoms with van der Waals surface area (Å²) in [7, 11) is 0. The van der Waals surface area contributed by atoms with Crippen LogP contribution in [0.5, 0.6) is 0 Å². The second-order valence-corrected chi connectivity index (χ2v) is 7.80. The van der Waals surface area contributed by atoms with Crippen LogP contribution in [0.1, 0.15) is 65.7 Å². The minimum atomic E-state index is 0. The van der Waals surface area contributed by atoms with Crippen molar-refractivity contribution in [3.05, 3.63) is 0 Å². The van der Waals surface area contributed by atoms with Crippen molar-refractivity contribution in [3.8, 4) is 0 Å². The fourth-order valence-corrected chi connectivity index (χ4v) is 3.79. The molecule has 1 saturated carbocycles. The summed E-state index contributed by atoms with van der Waals surface area (Å²) in [6.07, 6.45) is 8.65. The average molecular weight is 481 g/mol. The highest BCUT2D eigenvalue weighted by molar-refractivity contribution is 14.0. The number of hydrogen-bond donors (Lipinski definition) is 2. The topological polar surface area (TPSA) is 54.9 Å². The van der Waals surface area contributed by atoms with Crippen molar-refractivity contribution in [1.29, 1.82) is 0 Å². The first-order chi connectivity index (χ1) is 12.2. The Morgan fingerprint density at radius 2 is 1.81 bits per heavy atom. The van der Waals surface area contributed by atoms with Crippen LogP contribution in [-0.4, -0.2) is 51.0 Å². The highest BCUT2D eigenvalue weighted by atomic mass is 127. The summed E-state index contributed by atoms with van der Waals surface area (Å²) >= 11 is 0. The summed E-state index contributed by atoms with van der Waals surface area (Å²) in [5, 5.41) is 7.02. The van der Waals surface area contributed by atoms with E-state index in [1.165, 1.54) is 25.7 Å². The van der Waals surface area contributed by atoms with Crippen molar-refractivity contribution in [2.45, 2.75) is 77.9 Å². The predicted molar refractivity (Wildman–Crippen MR) is 120 cm³/mol. The first-order valence-electron chi connectivity index (χ1n) is 10.4. The Morgan fingerprint density at radius 1 is 1.12 bits per heavy atom. The smallest absolute Gasteiger partial charge is 0.191 e. The summed E-state index contributed by atoms with van der Waals surface area (Å²) < 4.78 is 11.3. The summed E-state index contributed by atoms with van der Waals surface area (Å²) in [5.41, 5.74) is 0. The maximum absolute atomic E-state index is 5.92. The molecule has 6 heteroatoms. The van der Waals surface area contributed by atoms with Gasteiger partial charge in [-0.05, 0) is 63.7 Å². The normalized spacial score (nSPS) is 25.0. The molecule has 0 aromatic carbocycles. The van der Waals surface area contributed by atoms with Gasteiger partial charge in [0.1, 0.15) is 0 Å². The van der Waals surface area contributed by atoms with Crippen molar-refractivity contribution in [2.75, 3.05) is 32.9 Å². The molecule has 2 rings (SSSR count). The molecule has 1 saturated heterocycles. The molecular formula is C20H40IN3O2. The van der Waals surface area contributed by atoms with Gasteiger partial charge >= 0.3 is 0 Å². The van der Waals surface area contributed by atoms with E-state index >= 15 is 0 Å². The minimum absolute atomic E-state index is 0. The van der Waals surface area contributed by atoms with E-state index in [0.29, 0.717) is 12.1 Å². The zero-order valence-electron chi connectivity index (χ0n) is 17.0. The lowest BCUT2D eigenvalue weighted by molar-refractivity contribution is -0.0318. The summed E-state index contributed by atoms with van der Waals surface area (Å²) in [5.74, 6) is 2.69. The van der Waals surface area contributed by atoms with E-state index in [1.807, 2.05) is 0 Å². The Kier molecular flexibility index (Phi) is 12.9. The van der Waals surface area contributed by atoms with E-state index in [0.717, 1.165) is 70.0 Å². The SMILES string of the molecule is CCNC(=NCCCOC1CCOCC1)NC1CCC(C(C)C)CC1.I. The highest BCUT2D eigenvalue weighted by Gasteiger charge is 2.23. The number of guanidine groups is 1. The van der Waals surface area contributed by atoms with Crippen LogP contribution in [0.2, 0.25) is 0 Å². The zero-order chi connectivity index (χ0) is 17.9. The molecule has 1 heterocycles. The van der Waals surface area contributed by atoms with Crippen molar-refractivity contribution >= 4 is 29.9 Å².